The van der Waals surface area contributed by atoms with E-state index in [2.05, 4.69) is 15.6 Å². The first kappa shape index (κ1) is 22.4. The molecule has 1 aliphatic heterocycles. The number of nitrogens with zero attached hydrogens (tertiary/aromatic N) is 5. The molecule has 0 aliphatic carbocycles. The molecule has 1 fully saturated rings. The van der Waals surface area contributed by atoms with Crippen molar-refractivity contribution in [3.63, 3.8) is 0 Å². The van der Waals surface area contributed by atoms with Gasteiger partial charge in [-0.15, -0.1) is 5.10 Å². The predicted molar refractivity (Wildman–Crippen MR) is 109 cm³/mol. The number of β-amino-alcohol motifs (C(OH)–C–C–N with tert-alkyl or cyclic N) is 1. The number of amides is 2. The third kappa shape index (κ3) is 4.41. The molecule has 0 radical (unpaired) electrons. The number of aromatic nitrogens is 3. The van der Waals surface area contributed by atoms with Crippen LogP contribution in [0.4, 0.5) is 4.39 Å². The number of benzene rings is 1. The molecule has 2 heterocycles. The molecule has 1 aromatic heterocycles. The average molecular weight is 428 g/mol. The van der Waals surface area contributed by atoms with E-state index < -0.39 is 29.4 Å². The lowest BCUT2D eigenvalue weighted by atomic mass is 9.85. The van der Waals surface area contributed by atoms with Crippen LogP contribution < -0.4 is 5.32 Å². The Bertz CT molecular complexity index is 1040. The van der Waals surface area contributed by atoms with Gasteiger partial charge in [-0.3, -0.25) is 9.59 Å². The van der Waals surface area contributed by atoms with Gasteiger partial charge in [-0.1, -0.05) is 32.1 Å². The van der Waals surface area contributed by atoms with E-state index in [4.69, 9.17) is 5.26 Å². The van der Waals surface area contributed by atoms with Gasteiger partial charge >= 0.3 is 0 Å². The van der Waals surface area contributed by atoms with E-state index in [0.717, 1.165) is 0 Å². The van der Waals surface area contributed by atoms with Crippen molar-refractivity contribution in [2.24, 2.45) is 5.41 Å². The lowest BCUT2D eigenvalue weighted by molar-refractivity contribution is -0.144. The zero-order chi connectivity index (χ0) is 22.9. The maximum atomic E-state index is 14.0. The number of rotatable bonds is 4. The monoisotopic (exact) mass is 428 g/mol. The highest BCUT2D eigenvalue weighted by Crippen LogP contribution is 2.35. The van der Waals surface area contributed by atoms with Crippen LogP contribution in [0.2, 0.25) is 0 Å². The summed E-state index contributed by atoms with van der Waals surface area (Å²) in [7, 11) is 1.48. The van der Waals surface area contributed by atoms with Gasteiger partial charge < -0.3 is 15.3 Å². The van der Waals surface area contributed by atoms with Gasteiger partial charge in [0, 0.05) is 25.6 Å². The number of carbonyl (C=O) groups is 2. The SMILES string of the molecule is CNC(=O)C1CC(O)CN1C(=O)[C@@H](n1cc(-c2ccc(C#N)c(F)c2)nn1)C(C)(C)C. The lowest BCUT2D eigenvalue weighted by Crippen LogP contribution is -2.49. The molecule has 1 saturated heterocycles. The van der Waals surface area contributed by atoms with Crippen LogP contribution in [0.1, 0.15) is 38.8 Å². The van der Waals surface area contributed by atoms with Crippen LogP contribution in [0, 0.1) is 22.6 Å². The highest BCUT2D eigenvalue weighted by atomic mass is 19.1. The van der Waals surface area contributed by atoms with Crippen LogP contribution >= 0.6 is 0 Å². The Kier molecular flexibility index (Phi) is 6.08. The molecule has 1 aliphatic rings. The number of aliphatic hydroxyl groups is 1. The summed E-state index contributed by atoms with van der Waals surface area (Å²) in [5.41, 5.74) is 0.0859. The fraction of sp³-hybridized carbons (Fsp3) is 0.476. The second-order valence-corrected chi connectivity index (χ2v) is 8.67. The van der Waals surface area contributed by atoms with E-state index in [0.29, 0.717) is 11.3 Å². The van der Waals surface area contributed by atoms with Gasteiger partial charge in [-0.05, 0) is 17.5 Å². The van der Waals surface area contributed by atoms with E-state index in [1.54, 1.807) is 12.1 Å². The maximum absolute atomic E-state index is 14.0. The summed E-state index contributed by atoms with van der Waals surface area (Å²) in [6.45, 7) is 5.63. The van der Waals surface area contributed by atoms with Gasteiger partial charge in [0.2, 0.25) is 11.8 Å². The highest BCUT2D eigenvalue weighted by Gasteiger charge is 2.45. The Morgan fingerprint density at radius 1 is 1.39 bits per heavy atom. The lowest BCUT2D eigenvalue weighted by Gasteiger charge is -2.34. The molecule has 3 atom stereocenters. The van der Waals surface area contributed by atoms with Crippen LogP contribution in [-0.2, 0) is 9.59 Å². The molecule has 3 rings (SSSR count). The molecular formula is C21H25FN6O3. The van der Waals surface area contributed by atoms with Gasteiger partial charge in [0.05, 0.1) is 17.9 Å². The fourth-order valence-electron chi connectivity index (χ4n) is 3.81. The largest absolute Gasteiger partial charge is 0.391 e. The van der Waals surface area contributed by atoms with Crippen molar-refractivity contribution >= 4 is 11.8 Å². The average Bonchev–Trinajstić information content (AvgIpc) is 3.33. The minimum atomic E-state index is -0.811. The quantitative estimate of drug-likeness (QED) is 0.755. The summed E-state index contributed by atoms with van der Waals surface area (Å²) in [6.07, 6.45) is 0.908. The van der Waals surface area contributed by atoms with Crippen molar-refractivity contribution in [3.8, 4) is 17.3 Å². The van der Waals surface area contributed by atoms with Gasteiger partial charge in [0.1, 0.15) is 29.7 Å². The zero-order valence-corrected chi connectivity index (χ0v) is 17.8. The topological polar surface area (TPSA) is 124 Å². The number of likely N-dealkylation sites (N-methyl/N-ethyl adjacent to an activating group) is 1. The van der Waals surface area contributed by atoms with Crippen LogP contribution in [0.25, 0.3) is 11.3 Å². The van der Waals surface area contributed by atoms with Crippen LogP contribution in [0.5, 0.6) is 0 Å². The number of aliphatic hydroxyl groups excluding tert-OH is 1. The van der Waals surface area contributed by atoms with Gasteiger partial charge in [0.25, 0.3) is 0 Å². The Labute approximate surface area is 179 Å². The van der Waals surface area contributed by atoms with Crippen molar-refractivity contribution in [1.29, 1.82) is 5.26 Å². The Hall–Kier alpha value is -3.32. The zero-order valence-electron chi connectivity index (χ0n) is 17.8. The standard InChI is InChI=1S/C21H25FN6O3/c1-21(2,3)18(20(31)27-10-14(29)8-17(27)19(30)24-4)28-11-16(25-26-28)12-5-6-13(9-23)15(22)7-12/h5-7,11,14,17-18,29H,8,10H2,1-4H3,(H,24,30)/t14?,17?,18-/m1/s1. The van der Waals surface area contributed by atoms with Gasteiger partial charge in [-0.25, -0.2) is 9.07 Å². The summed E-state index contributed by atoms with van der Waals surface area (Å²) >= 11 is 0. The van der Waals surface area contributed by atoms with E-state index in [9.17, 15) is 19.1 Å². The number of hydrogen-bond donors (Lipinski definition) is 2. The van der Waals surface area contributed by atoms with Crippen LogP contribution in [0.15, 0.2) is 24.4 Å². The Balaban J connectivity index is 1.96. The molecule has 164 valence electrons. The molecule has 2 amide bonds. The minimum Gasteiger partial charge on any atom is -0.391 e. The molecule has 1 aromatic carbocycles. The predicted octanol–water partition coefficient (Wildman–Crippen LogP) is 1.25. The summed E-state index contributed by atoms with van der Waals surface area (Å²) in [6, 6.07) is 4.29. The molecule has 0 saturated carbocycles. The molecule has 2 aromatic rings. The Morgan fingerprint density at radius 2 is 2.10 bits per heavy atom. The van der Waals surface area contributed by atoms with E-state index in [1.165, 1.54) is 35.0 Å². The van der Waals surface area contributed by atoms with Crippen LogP contribution in [-0.4, -0.2) is 62.6 Å². The number of likely N-dealkylation sites (tertiary alicyclic amines) is 1. The van der Waals surface area contributed by atoms with E-state index in [-0.39, 0.29) is 30.3 Å². The smallest absolute Gasteiger partial charge is 0.248 e. The fourth-order valence-corrected chi connectivity index (χ4v) is 3.81. The normalized spacial score (nSPS) is 19.7. The third-order valence-electron chi connectivity index (χ3n) is 5.33. The minimum absolute atomic E-state index is 0.0475. The number of hydrogen-bond acceptors (Lipinski definition) is 6. The van der Waals surface area contributed by atoms with E-state index in [1.807, 2.05) is 20.8 Å². The summed E-state index contributed by atoms with van der Waals surface area (Å²) in [5.74, 6) is -1.37. The Morgan fingerprint density at radius 3 is 2.68 bits per heavy atom. The maximum Gasteiger partial charge on any atom is 0.248 e. The first-order valence-electron chi connectivity index (χ1n) is 9.88. The summed E-state index contributed by atoms with van der Waals surface area (Å²) < 4.78 is 15.4. The van der Waals surface area contributed by atoms with Gasteiger partial charge in [-0.2, -0.15) is 5.26 Å². The van der Waals surface area contributed by atoms with Crippen molar-refractivity contribution in [3.05, 3.63) is 35.8 Å². The molecule has 0 spiro atoms. The first-order chi connectivity index (χ1) is 14.6. The van der Waals surface area contributed by atoms with Crippen molar-refractivity contribution in [2.75, 3.05) is 13.6 Å². The summed E-state index contributed by atoms with van der Waals surface area (Å²) in [4.78, 5) is 27.1. The number of nitriles is 1. The first-order valence-corrected chi connectivity index (χ1v) is 9.88. The van der Waals surface area contributed by atoms with E-state index >= 15 is 0 Å². The van der Waals surface area contributed by atoms with Crippen molar-refractivity contribution < 1.29 is 19.1 Å². The van der Waals surface area contributed by atoms with Crippen molar-refractivity contribution in [2.45, 2.75) is 45.4 Å². The molecule has 0 bridgehead atoms. The second-order valence-electron chi connectivity index (χ2n) is 8.67. The molecule has 31 heavy (non-hydrogen) atoms. The number of nitrogens with one attached hydrogen (secondary N) is 1. The van der Waals surface area contributed by atoms with Crippen molar-refractivity contribution in [1.82, 2.24) is 25.2 Å². The second kappa shape index (κ2) is 8.43. The molecular weight excluding hydrogens is 403 g/mol. The highest BCUT2D eigenvalue weighted by molar-refractivity contribution is 5.90. The third-order valence-corrected chi connectivity index (χ3v) is 5.33. The van der Waals surface area contributed by atoms with Crippen LogP contribution in [0.3, 0.4) is 0 Å². The molecule has 10 heteroatoms. The number of carbonyl (C=O) groups excluding carboxylic acids is 2. The molecule has 9 nitrogen and oxygen atoms in total. The van der Waals surface area contributed by atoms with Gasteiger partial charge in [0.15, 0.2) is 0 Å². The molecule has 2 N–H and O–H groups in total. The molecule has 2 unspecified atom stereocenters. The summed E-state index contributed by atoms with van der Waals surface area (Å²) in [5, 5.41) is 29.7. The number of halogens is 1.